The molecule has 2 heterocycles. The molecule has 2 aliphatic rings. The molecule has 0 spiro atoms. The van der Waals surface area contributed by atoms with E-state index in [1.54, 1.807) is 0 Å². The van der Waals surface area contributed by atoms with Gasteiger partial charge in [0.1, 0.15) is 24.4 Å². The normalized spacial score (nSPS) is 38.1. The molecule has 1 aromatic rings. The van der Waals surface area contributed by atoms with Crippen molar-refractivity contribution >= 4 is 6.41 Å². The average molecular weight is 309 g/mol. The number of methoxy groups -OCH3 is 1. The Morgan fingerprint density at radius 3 is 2.77 bits per heavy atom. The number of aliphatic hydroxyl groups is 1. The molecule has 22 heavy (non-hydrogen) atoms. The second kappa shape index (κ2) is 6.72. The number of amides is 1. The molecule has 1 amide bonds. The van der Waals surface area contributed by atoms with Crippen LogP contribution >= 0.6 is 0 Å². The number of nitrogens with one attached hydrogen (secondary N) is 1. The van der Waals surface area contributed by atoms with Crippen LogP contribution in [0.4, 0.5) is 0 Å². The van der Waals surface area contributed by atoms with E-state index in [2.05, 4.69) is 5.32 Å². The zero-order chi connectivity index (χ0) is 15.5. The number of carbonyl (C=O) groups is 1. The van der Waals surface area contributed by atoms with Crippen molar-refractivity contribution in [1.29, 1.82) is 0 Å². The fraction of sp³-hybridized carbons (Fsp3) is 0.533. The second-order valence-electron chi connectivity index (χ2n) is 5.26. The number of hydrogen-bond acceptors (Lipinski definition) is 6. The maximum Gasteiger partial charge on any atom is 0.207 e. The summed E-state index contributed by atoms with van der Waals surface area (Å²) in [6, 6.07) is 8.76. The SMILES string of the molecule is CO[C@H]1O[C@@H]2CO[C@@H](c3ccccc3)O[C@H]2[C@H](O)[C@H]1NC=O. The van der Waals surface area contributed by atoms with Gasteiger partial charge in [-0.1, -0.05) is 30.3 Å². The van der Waals surface area contributed by atoms with Gasteiger partial charge in [0, 0.05) is 12.7 Å². The van der Waals surface area contributed by atoms with Crippen LogP contribution in [0.5, 0.6) is 0 Å². The van der Waals surface area contributed by atoms with E-state index in [4.69, 9.17) is 18.9 Å². The monoisotopic (exact) mass is 309 g/mol. The van der Waals surface area contributed by atoms with Gasteiger partial charge in [0.05, 0.1) is 6.61 Å². The Kier molecular flexibility index (Phi) is 4.70. The average Bonchev–Trinajstić information content (AvgIpc) is 2.58. The number of carbonyl (C=O) groups excluding carboxylic acids is 1. The molecule has 0 bridgehead atoms. The Bertz CT molecular complexity index is 498. The highest BCUT2D eigenvalue weighted by atomic mass is 16.7. The Morgan fingerprint density at radius 1 is 1.32 bits per heavy atom. The predicted octanol–water partition coefficient (Wildman–Crippen LogP) is -0.0526. The molecule has 2 aliphatic heterocycles. The lowest BCUT2D eigenvalue weighted by molar-refractivity contribution is -0.341. The molecule has 1 aromatic carbocycles. The van der Waals surface area contributed by atoms with Crippen LogP contribution in [0.2, 0.25) is 0 Å². The van der Waals surface area contributed by atoms with Crippen LogP contribution < -0.4 is 5.32 Å². The standard InChI is InChI=1S/C15H19NO6/c1-19-15-11(16-8-17)12(18)13-10(21-15)7-20-14(22-13)9-5-3-2-4-6-9/h2-6,8,10-15,18H,7H2,1H3,(H,16,17)/t10-,11-,12-,13-,14-,15+/m1/s1. The van der Waals surface area contributed by atoms with Crippen LogP contribution in [0.15, 0.2) is 30.3 Å². The highest BCUT2D eigenvalue weighted by Crippen LogP contribution is 2.34. The Balaban J connectivity index is 1.76. The summed E-state index contributed by atoms with van der Waals surface area (Å²) in [5, 5.41) is 13.0. The van der Waals surface area contributed by atoms with Gasteiger partial charge >= 0.3 is 0 Å². The summed E-state index contributed by atoms with van der Waals surface area (Å²) in [6.45, 7) is 0.273. The van der Waals surface area contributed by atoms with Gasteiger partial charge in [0.25, 0.3) is 0 Å². The first kappa shape index (κ1) is 15.4. The van der Waals surface area contributed by atoms with Crippen LogP contribution in [0.1, 0.15) is 11.9 Å². The molecule has 0 aromatic heterocycles. The zero-order valence-corrected chi connectivity index (χ0v) is 12.1. The van der Waals surface area contributed by atoms with Crippen LogP contribution in [-0.2, 0) is 23.7 Å². The fourth-order valence-electron chi connectivity index (χ4n) is 2.83. The van der Waals surface area contributed by atoms with E-state index in [0.29, 0.717) is 6.41 Å². The van der Waals surface area contributed by atoms with E-state index in [9.17, 15) is 9.90 Å². The van der Waals surface area contributed by atoms with E-state index < -0.39 is 36.9 Å². The van der Waals surface area contributed by atoms with Crippen LogP contribution in [-0.4, -0.2) is 55.9 Å². The molecular weight excluding hydrogens is 290 g/mol. The highest BCUT2D eigenvalue weighted by Gasteiger charge is 2.49. The third-order valence-electron chi connectivity index (χ3n) is 3.93. The molecule has 2 saturated heterocycles. The number of fused-ring (bicyclic) bond motifs is 1. The maximum atomic E-state index is 10.7. The van der Waals surface area contributed by atoms with Crippen molar-refractivity contribution in [2.24, 2.45) is 0 Å². The smallest absolute Gasteiger partial charge is 0.207 e. The van der Waals surface area contributed by atoms with E-state index in [1.165, 1.54) is 7.11 Å². The summed E-state index contributed by atoms with van der Waals surface area (Å²) >= 11 is 0. The fourth-order valence-corrected chi connectivity index (χ4v) is 2.83. The zero-order valence-electron chi connectivity index (χ0n) is 12.1. The Hall–Kier alpha value is -1.51. The van der Waals surface area contributed by atoms with E-state index >= 15 is 0 Å². The van der Waals surface area contributed by atoms with Crippen molar-refractivity contribution in [3.8, 4) is 0 Å². The van der Waals surface area contributed by atoms with Crippen LogP contribution in [0.25, 0.3) is 0 Å². The summed E-state index contributed by atoms with van der Waals surface area (Å²) in [7, 11) is 1.45. The van der Waals surface area contributed by atoms with Gasteiger partial charge in [-0.25, -0.2) is 0 Å². The lowest BCUT2D eigenvalue weighted by atomic mass is 9.96. The molecule has 0 unspecified atom stereocenters. The summed E-state index contributed by atoms with van der Waals surface area (Å²) in [4.78, 5) is 10.7. The third kappa shape index (κ3) is 2.86. The second-order valence-corrected chi connectivity index (χ2v) is 5.26. The highest BCUT2D eigenvalue weighted by molar-refractivity contribution is 5.47. The molecular formula is C15H19NO6. The molecule has 120 valence electrons. The van der Waals surface area contributed by atoms with Crippen molar-refractivity contribution in [3.05, 3.63) is 35.9 Å². The molecule has 7 heteroatoms. The van der Waals surface area contributed by atoms with Gasteiger partial charge in [0.15, 0.2) is 12.6 Å². The van der Waals surface area contributed by atoms with Crippen molar-refractivity contribution in [2.45, 2.75) is 36.9 Å². The summed E-state index contributed by atoms with van der Waals surface area (Å²) < 4.78 is 22.4. The number of hydrogen-bond donors (Lipinski definition) is 2. The molecule has 7 nitrogen and oxygen atoms in total. The van der Waals surface area contributed by atoms with Gasteiger partial charge < -0.3 is 29.4 Å². The van der Waals surface area contributed by atoms with Gasteiger partial charge in [-0.15, -0.1) is 0 Å². The Morgan fingerprint density at radius 2 is 2.09 bits per heavy atom. The largest absolute Gasteiger partial charge is 0.388 e. The predicted molar refractivity (Wildman–Crippen MR) is 74.7 cm³/mol. The number of ether oxygens (including phenoxy) is 4. The Labute approximate surface area is 128 Å². The van der Waals surface area contributed by atoms with Crippen molar-refractivity contribution < 1.29 is 28.8 Å². The molecule has 0 saturated carbocycles. The molecule has 0 radical (unpaired) electrons. The van der Waals surface area contributed by atoms with Crippen molar-refractivity contribution in [1.82, 2.24) is 5.32 Å². The minimum atomic E-state index is -0.955. The summed E-state index contributed by atoms with van der Waals surface area (Å²) in [5.41, 5.74) is 0.863. The first-order valence-electron chi connectivity index (χ1n) is 7.12. The minimum Gasteiger partial charge on any atom is -0.388 e. The molecule has 3 rings (SSSR count). The molecule has 2 N–H and O–H groups in total. The number of aliphatic hydroxyl groups excluding tert-OH is 1. The van der Waals surface area contributed by atoms with Gasteiger partial charge in [-0.2, -0.15) is 0 Å². The minimum absolute atomic E-state index is 0.273. The number of benzene rings is 1. The van der Waals surface area contributed by atoms with Crippen LogP contribution in [0, 0.1) is 0 Å². The number of rotatable bonds is 4. The third-order valence-corrected chi connectivity index (χ3v) is 3.93. The van der Waals surface area contributed by atoms with E-state index in [0.717, 1.165) is 5.56 Å². The van der Waals surface area contributed by atoms with E-state index in [-0.39, 0.29) is 6.61 Å². The maximum absolute atomic E-state index is 10.7. The lowest BCUT2D eigenvalue weighted by Gasteiger charge is -2.47. The quantitative estimate of drug-likeness (QED) is 0.758. The first-order chi connectivity index (χ1) is 10.7. The molecule has 0 aliphatic carbocycles. The first-order valence-corrected chi connectivity index (χ1v) is 7.12. The van der Waals surface area contributed by atoms with Crippen molar-refractivity contribution in [2.75, 3.05) is 13.7 Å². The topological polar surface area (TPSA) is 86.2 Å². The van der Waals surface area contributed by atoms with Crippen molar-refractivity contribution in [3.63, 3.8) is 0 Å². The van der Waals surface area contributed by atoms with Crippen LogP contribution in [0.3, 0.4) is 0 Å². The van der Waals surface area contributed by atoms with Gasteiger partial charge in [0.2, 0.25) is 6.41 Å². The van der Waals surface area contributed by atoms with E-state index in [1.807, 2.05) is 30.3 Å². The molecule has 6 atom stereocenters. The van der Waals surface area contributed by atoms with Gasteiger partial charge in [-0.3, -0.25) is 4.79 Å². The lowest BCUT2D eigenvalue weighted by Crippen LogP contribution is -2.65. The van der Waals surface area contributed by atoms with Gasteiger partial charge in [-0.05, 0) is 0 Å². The molecule has 2 fully saturated rings. The summed E-state index contributed by atoms with van der Waals surface area (Å²) in [5.74, 6) is 0. The summed E-state index contributed by atoms with van der Waals surface area (Å²) in [6.07, 6.45) is -2.83.